The van der Waals surface area contributed by atoms with Crippen molar-refractivity contribution in [2.75, 3.05) is 13.7 Å². The number of hydrogen-bond acceptors (Lipinski definition) is 3. The highest BCUT2D eigenvalue weighted by Crippen LogP contribution is 2.25. The molecule has 1 aromatic heterocycles. The summed E-state index contributed by atoms with van der Waals surface area (Å²) in [6.45, 7) is 3.59. The Morgan fingerprint density at radius 3 is 2.81 bits per heavy atom. The number of H-pyrrole nitrogens is 1. The fourth-order valence-electron chi connectivity index (χ4n) is 3.71. The lowest BCUT2D eigenvalue weighted by Gasteiger charge is -2.31. The van der Waals surface area contributed by atoms with Gasteiger partial charge in [0.25, 0.3) is 5.56 Å². The van der Waals surface area contributed by atoms with Crippen molar-refractivity contribution in [1.82, 2.24) is 15.2 Å². The minimum atomic E-state index is -0.0601. The van der Waals surface area contributed by atoms with E-state index in [0.717, 1.165) is 59.6 Å². The van der Waals surface area contributed by atoms with E-state index < -0.39 is 0 Å². The Morgan fingerprint density at radius 1 is 1.33 bits per heavy atom. The predicted octanol–water partition coefficient (Wildman–Crippen LogP) is 3.96. The van der Waals surface area contributed by atoms with Gasteiger partial charge in [-0.05, 0) is 55.1 Å². The van der Waals surface area contributed by atoms with E-state index in [0.29, 0.717) is 12.6 Å². The number of rotatable bonds is 7. The first kappa shape index (κ1) is 19.7. The second kappa shape index (κ2) is 9.22. The Bertz CT molecular complexity index is 843. The maximum atomic E-state index is 12.7. The molecule has 1 heterocycles. The van der Waals surface area contributed by atoms with Gasteiger partial charge in [0.05, 0.1) is 19.2 Å². The molecule has 1 saturated carbocycles. The van der Waals surface area contributed by atoms with Gasteiger partial charge in [0.2, 0.25) is 0 Å². The van der Waals surface area contributed by atoms with E-state index in [2.05, 4.69) is 22.1 Å². The van der Waals surface area contributed by atoms with E-state index in [-0.39, 0.29) is 5.56 Å². The van der Waals surface area contributed by atoms with E-state index in [9.17, 15) is 4.79 Å². The van der Waals surface area contributed by atoms with Crippen molar-refractivity contribution in [3.63, 3.8) is 0 Å². The molecule has 6 heteroatoms. The summed E-state index contributed by atoms with van der Waals surface area (Å²) < 4.78 is 5.25. The number of thiocarbonyl (C=S) groups is 1. The van der Waals surface area contributed by atoms with Gasteiger partial charge >= 0.3 is 0 Å². The van der Waals surface area contributed by atoms with Gasteiger partial charge in [0.15, 0.2) is 5.11 Å². The van der Waals surface area contributed by atoms with E-state index >= 15 is 0 Å². The maximum absolute atomic E-state index is 12.7. The molecule has 0 saturated heterocycles. The van der Waals surface area contributed by atoms with E-state index in [4.69, 9.17) is 17.0 Å². The smallest absolute Gasteiger partial charge is 0.253 e. The zero-order valence-corrected chi connectivity index (χ0v) is 17.0. The number of nitrogens with zero attached hydrogens (tertiary/aromatic N) is 1. The van der Waals surface area contributed by atoms with Crippen LogP contribution < -0.4 is 15.6 Å². The number of unbranched alkanes of at least 4 members (excludes halogenated alkanes) is 1. The minimum absolute atomic E-state index is 0.0601. The standard InChI is InChI=1S/C21H29N3O2S/c1-3-4-11-22-21(27)24(17-7-5-6-8-17)14-16-12-15-9-10-18(26-2)13-19(15)23-20(16)25/h9-10,12-13,17H,3-8,11,14H2,1-2H3,(H,22,27)(H,23,25). The number of benzene rings is 1. The Labute approximate surface area is 166 Å². The SMILES string of the molecule is CCCCNC(=S)N(Cc1cc2ccc(OC)cc2[nH]c1=O)C1CCCC1. The highest BCUT2D eigenvalue weighted by Gasteiger charge is 2.25. The number of aromatic nitrogens is 1. The summed E-state index contributed by atoms with van der Waals surface area (Å²) in [6, 6.07) is 8.13. The van der Waals surface area contributed by atoms with Crippen LogP contribution in [0.15, 0.2) is 29.1 Å². The van der Waals surface area contributed by atoms with Crippen LogP contribution in [-0.2, 0) is 6.54 Å². The van der Waals surface area contributed by atoms with Crippen LogP contribution in [-0.4, -0.2) is 34.7 Å². The van der Waals surface area contributed by atoms with Crippen molar-refractivity contribution in [2.24, 2.45) is 0 Å². The van der Waals surface area contributed by atoms with Crippen LogP contribution in [0.25, 0.3) is 10.9 Å². The van der Waals surface area contributed by atoms with Crippen LogP contribution in [0.5, 0.6) is 5.75 Å². The summed E-state index contributed by atoms with van der Waals surface area (Å²) in [5, 5.41) is 5.15. The lowest BCUT2D eigenvalue weighted by molar-refractivity contribution is 0.302. The van der Waals surface area contributed by atoms with Crippen molar-refractivity contribution in [3.05, 3.63) is 40.2 Å². The fourth-order valence-corrected chi connectivity index (χ4v) is 4.03. The molecule has 0 atom stereocenters. The second-order valence-electron chi connectivity index (χ2n) is 7.23. The summed E-state index contributed by atoms with van der Waals surface area (Å²) in [7, 11) is 1.62. The molecule has 0 bridgehead atoms. The molecular weight excluding hydrogens is 358 g/mol. The van der Waals surface area contributed by atoms with Gasteiger partial charge in [0, 0.05) is 24.2 Å². The van der Waals surface area contributed by atoms with Crippen LogP contribution in [0.4, 0.5) is 0 Å². The molecule has 3 rings (SSSR count). The Balaban J connectivity index is 1.84. The zero-order chi connectivity index (χ0) is 19.2. The number of hydrogen-bond donors (Lipinski definition) is 2. The molecule has 1 fully saturated rings. The third kappa shape index (κ3) is 4.80. The van der Waals surface area contributed by atoms with Gasteiger partial charge in [0.1, 0.15) is 5.75 Å². The van der Waals surface area contributed by atoms with Crippen LogP contribution in [0.3, 0.4) is 0 Å². The number of methoxy groups -OCH3 is 1. The molecule has 1 aliphatic rings. The number of fused-ring (bicyclic) bond motifs is 1. The summed E-state index contributed by atoms with van der Waals surface area (Å²) in [6.07, 6.45) is 6.96. The Morgan fingerprint density at radius 2 is 2.11 bits per heavy atom. The summed E-state index contributed by atoms with van der Waals surface area (Å²) in [5.74, 6) is 0.736. The predicted molar refractivity (Wildman–Crippen MR) is 114 cm³/mol. The minimum Gasteiger partial charge on any atom is -0.497 e. The lowest BCUT2D eigenvalue weighted by Crippen LogP contribution is -2.45. The number of pyridine rings is 1. The highest BCUT2D eigenvalue weighted by molar-refractivity contribution is 7.80. The third-order valence-corrected chi connectivity index (χ3v) is 5.68. The van der Waals surface area contributed by atoms with Gasteiger partial charge in [-0.1, -0.05) is 26.2 Å². The van der Waals surface area contributed by atoms with E-state index in [1.54, 1.807) is 7.11 Å². The molecule has 0 aliphatic heterocycles. The molecule has 2 N–H and O–H groups in total. The largest absolute Gasteiger partial charge is 0.497 e. The third-order valence-electron chi connectivity index (χ3n) is 5.30. The van der Waals surface area contributed by atoms with Crippen LogP contribution in [0.1, 0.15) is 51.0 Å². The first-order valence-corrected chi connectivity index (χ1v) is 10.3. The molecule has 146 valence electrons. The topological polar surface area (TPSA) is 57.4 Å². The molecule has 0 unspecified atom stereocenters. The molecule has 2 aromatic rings. The van der Waals surface area contributed by atoms with Crippen molar-refractivity contribution >= 4 is 28.2 Å². The van der Waals surface area contributed by atoms with Crippen molar-refractivity contribution in [2.45, 2.75) is 58.0 Å². The molecular formula is C21H29N3O2S. The number of ether oxygens (including phenoxy) is 1. The quantitative estimate of drug-likeness (QED) is 0.556. The normalized spacial score (nSPS) is 14.4. The van der Waals surface area contributed by atoms with Gasteiger partial charge in [-0.15, -0.1) is 0 Å². The van der Waals surface area contributed by atoms with Crippen molar-refractivity contribution in [3.8, 4) is 5.75 Å². The fraction of sp³-hybridized carbons (Fsp3) is 0.524. The average Bonchev–Trinajstić information content (AvgIpc) is 3.20. The molecule has 27 heavy (non-hydrogen) atoms. The molecule has 0 amide bonds. The average molecular weight is 388 g/mol. The van der Waals surface area contributed by atoms with Crippen LogP contribution >= 0.6 is 12.2 Å². The summed E-state index contributed by atoms with van der Waals surface area (Å²) in [5.41, 5.74) is 1.48. The first-order chi connectivity index (χ1) is 13.1. The zero-order valence-electron chi connectivity index (χ0n) is 16.2. The van der Waals surface area contributed by atoms with Crippen molar-refractivity contribution < 1.29 is 4.74 Å². The molecule has 5 nitrogen and oxygen atoms in total. The first-order valence-electron chi connectivity index (χ1n) is 9.86. The second-order valence-corrected chi connectivity index (χ2v) is 7.62. The van der Waals surface area contributed by atoms with Crippen molar-refractivity contribution in [1.29, 1.82) is 0 Å². The van der Waals surface area contributed by atoms with Gasteiger partial charge in [-0.3, -0.25) is 4.79 Å². The van der Waals surface area contributed by atoms with E-state index in [1.165, 1.54) is 12.8 Å². The van der Waals surface area contributed by atoms with Gasteiger partial charge < -0.3 is 19.9 Å². The monoisotopic (exact) mass is 387 g/mol. The Hall–Kier alpha value is -2.08. The summed E-state index contributed by atoms with van der Waals surface area (Å²) in [4.78, 5) is 17.9. The van der Waals surface area contributed by atoms with Crippen LogP contribution in [0.2, 0.25) is 0 Å². The molecule has 1 aliphatic carbocycles. The van der Waals surface area contributed by atoms with Gasteiger partial charge in [-0.25, -0.2) is 0 Å². The lowest BCUT2D eigenvalue weighted by atomic mass is 10.1. The Kier molecular flexibility index (Phi) is 6.72. The molecule has 0 spiro atoms. The highest BCUT2D eigenvalue weighted by atomic mass is 32.1. The van der Waals surface area contributed by atoms with Gasteiger partial charge in [-0.2, -0.15) is 0 Å². The number of aromatic amines is 1. The molecule has 1 aromatic carbocycles. The summed E-state index contributed by atoms with van der Waals surface area (Å²) >= 11 is 5.68. The van der Waals surface area contributed by atoms with Crippen LogP contribution in [0, 0.1) is 0 Å². The number of nitrogens with one attached hydrogen (secondary N) is 2. The maximum Gasteiger partial charge on any atom is 0.253 e. The molecule has 0 radical (unpaired) electrons. The van der Waals surface area contributed by atoms with E-state index in [1.807, 2.05) is 24.3 Å².